The summed E-state index contributed by atoms with van der Waals surface area (Å²) in [5, 5.41) is 22.1. The van der Waals surface area contributed by atoms with E-state index in [2.05, 4.69) is 0 Å². The Morgan fingerprint density at radius 1 is 1.12 bits per heavy atom. The summed E-state index contributed by atoms with van der Waals surface area (Å²) in [4.78, 5) is 22.1. The molecule has 1 fully saturated rings. The van der Waals surface area contributed by atoms with Crippen LogP contribution in [0.1, 0.15) is 45.4 Å². The molecule has 0 saturated heterocycles. The van der Waals surface area contributed by atoms with Crippen LogP contribution in [-0.2, 0) is 9.59 Å². The Morgan fingerprint density at radius 3 is 1.88 bits per heavy atom. The maximum atomic E-state index is 11.1. The Morgan fingerprint density at radius 2 is 1.56 bits per heavy atom. The fraction of sp³-hybridized carbons (Fsp3) is 0.818. The monoisotopic (exact) mass is 236 g/mol. The van der Waals surface area contributed by atoms with E-state index in [9.17, 15) is 19.8 Å². The second kappa shape index (κ2) is 6.44. The van der Waals surface area contributed by atoms with Gasteiger partial charge in [0.15, 0.2) is 0 Å². The zero-order chi connectivity index (χ0) is 11.5. The number of carboxylic acids is 2. The third kappa shape index (κ3) is 2.69. The smallest absolute Gasteiger partial charge is 0.549 e. The normalized spacial score (nSPS) is 17.6. The van der Waals surface area contributed by atoms with Crippen LogP contribution in [0.4, 0.5) is 0 Å². The van der Waals surface area contributed by atoms with Gasteiger partial charge in [-0.1, -0.05) is 26.2 Å². The van der Waals surface area contributed by atoms with Crippen LogP contribution in [0.5, 0.6) is 0 Å². The van der Waals surface area contributed by atoms with E-state index in [-0.39, 0.29) is 35.4 Å². The summed E-state index contributed by atoms with van der Waals surface area (Å²) in [6.07, 6.45) is 4.18. The minimum Gasteiger partial charge on any atom is -0.549 e. The Hall–Kier alpha value is -0.294. The van der Waals surface area contributed by atoms with Gasteiger partial charge in [0.25, 0.3) is 0 Å². The van der Waals surface area contributed by atoms with Gasteiger partial charge >= 0.3 is 23.1 Å². The number of aliphatic carboxylic acids is 2. The van der Waals surface area contributed by atoms with E-state index in [0.717, 1.165) is 19.3 Å². The van der Waals surface area contributed by atoms with Crippen LogP contribution >= 0.6 is 0 Å². The molecule has 0 amide bonds. The number of carbonyl (C=O) groups is 2. The van der Waals surface area contributed by atoms with Gasteiger partial charge in [0.05, 0.1) is 17.4 Å². The van der Waals surface area contributed by atoms with Gasteiger partial charge in [0.2, 0.25) is 0 Å². The molecule has 0 atom stereocenters. The Kier molecular flexibility index (Phi) is 6.33. The molecule has 0 aromatic heterocycles. The van der Waals surface area contributed by atoms with Crippen molar-refractivity contribution in [1.82, 2.24) is 0 Å². The predicted molar refractivity (Wildman–Crippen MR) is 55.1 cm³/mol. The fourth-order valence-electron chi connectivity index (χ4n) is 2.59. The van der Waals surface area contributed by atoms with E-state index in [0.29, 0.717) is 12.8 Å². The number of hydrogen-bond donors (Lipinski definition) is 0. The molecule has 0 bridgehead atoms. The Balaban J connectivity index is 0.00000225. The van der Waals surface area contributed by atoms with Gasteiger partial charge < -0.3 is 19.8 Å². The SMILES string of the molecule is CCC(C(=O)[O-])(C(=O)[O-])C1CCCCC1.[Mg+2]. The molecule has 0 aromatic carbocycles. The molecule has 4 nitrogen and oxygen atoms in total. The summed E-state index contributed by atoms with van der Waals surface area (Å²) in [5.41, 5.74) is -1.78. The van der Waals surface area contributed by atoms with Crippen LogP contribution in [0.2, 0.25) is 0 Å². The predicted octanol–water partition coefficient (Wildman–Crippen LogP) is -0.918. The molecular formula is C11H16MgO4. The maximum Gasteiger partial charge on any atom is 2.00 e. The molecule has 0 radical (unpaired) electrons. The van der Waals surface area contributed by atoms with Crippen molar-refractivity contribution in [1.29, 1.82) is 0 Å². The largest absolute Gasteiger partial charge is 2.00 e. The average molecular weight is 237 g/mol. The van der Waals surface area contributed by atoms with E-state index >= 15 is 0 Å². The second-order valence-electron chi connectivity index (χ2n) is 4.23. The molecule has 5 heteroatoms. The van der Waals surface area contributed by atoms with Crippen LogP contribution in [0.25, 0.3) is 0 Å². The molecule has 0 aromatic rings. The molecule has 1 saturated carbocycles. The molecule has 0 aliphatic heterocycles. The first kappa shape index (κ1) is 15.7. The average Bonchev–Trinajstić information content (AvgIpc) is 2.20. The third-order valence-electron chi connectivity index (χ3n) is 3.59. The molecule has 1 aliphatic carbocycles. The quantitative estimate of drug-likeness (QED) is 0.467. The molecule has 1 aliphatic rings. The van der Waals surface area contributed by atoms with Gasteiger partial charge in [-0.25, -0.2) is 0 Å². The number of hydrogen-bond acceptors (Lipinski definition) is 4. The minimum atomic E-state index is -1.78. The molecular weight excluding hydrogens is 220 g/mol. The van der Waals surface area contributed by atoms with Crippen molar-refractivity contribution in [3.8, 4) is 0 Å². The topological polar surface area (TPSA) is 80.3 Å². The van der Waals surface area contributed by atoms with E-state index in [1.165, 1.54) is 0 Å². The summed E-state index contributed by atoms with van der Waals surface area (Å²) in [6.45, 7) is 1.57. The second-order valence-corrected chi connectivity index (χ2v) is 4.23. The molecule has 1 rings (SSSR count). The fourth-order valence-corrected chi connectivity index (χ4v) is 2.59. The molecule has 16 heavy (non-hydrogen) atoms. The van der Waals surface area contributed by atoms with Gasteiger partial charge in [-0.3, -0.25) is 0 Å². The van der Waals surface area contributed by atoms with Crippen LogP contribution in [0.3, 0.4) is 0 Å². The van der Waals surface area contributed by atoms with Gasteiger partial charge in [-0.05, 0) is 25.2 Å². The van der Waals surface area contributed by atoms with E-state index < -0.39 is 17.4 Å². The summed E-state index contributed by atoms with van der Waals surface area (Å²) in [5.74, 6) is -3.31. The first-order valence-corrected chi connectivity index (χ1v) is 5.48. The van der Waals surface area contributed by atoms with E-state index in [4.69, 9.17) is 0 Å². The van der Waals surface area contributed by atoms with Crippen LogP contribution in [-0.4, -0.2) is 35.0 Å². The molecule has 86 valence electrons. The Labute approximate surface area is 112 Å². The summed E-state index contributed by atoms with van der Waals surface area (Å²) >= 11 is 0. The number of carbonyl (C=O) groups excluding carboxylic acids is 2. The number of rotatable bonds is 4. The van der Waals surface area contributed by atoms with Crippen molar-refractivity contribution >= 4 is 35.0 Å². The zero-order valence-electron chi connectivity index (χ0n) is 9.66. The zero-order valence-corrected chi connectivity index (χ0v) is 11.1. The molecule has 0 unspecified atom stereocenters. The molecule has 0 spiro atoms. The van der Waals surface area contributed by atoms with E-state index in [1.807, 2.05) is 0 Å². The molecule has 0 heterocycles. The van der Waals surface area contributed by atoms with Crippen LogP contribution < -0.4 is 10.2 Å². The minimum absolute atomic E-state index is 0. The van der Waals surface area contributed by atoms with Crippen molar-refractivity contribution in [2.24, 2.45) is 11.3 Å². The van der Waals surface area contributed by atoms with Crippen LogP contribution in [0.15, 0.2) is 0 Å². The summed E-state index contributed by atoms with van der Waals surface area (Å²) in [6, 6.07) is 0. The van der Waals surface area contributed by atoms with Crippen molar-refractivity contribution < 1.29 is 19.8 Å². The van der Waals surface area contributed by atoms with Gasteiger partial charge in [-0.15, -0.1) is 0 Å². The van der Waals surface area contributed by atoms with Gasteiger partial charge in [0, 0.05) is 0 Å². The number of carboxylic acid groups (broad SMARTS) is 2. The van der Waals surface area contributed by atoms with Crippen LogP contribution in [0, 0.1) is 11.3 Å². The first-order chi connectivity index (χ1) is 7.05. The van der Waals surface area contributed by atoms with Gasteiger partial charge in [-0.2, -0.15) is 0 Å². The summed E-state index contributed by atoms with van der Waals surface area (Å²) in [7, 11) is 0. The van der Waals surface area contributed by atoms with Crippen molar-refractivity contribution in [3.05, 3.63) is 0 Å². The summed E-state index contributed by atoms with van der Waals surface area (Å²) < 4.78 is 0. The van der Waals surface area contributed by atoms with E-state index in [1.54, 1.807) is 6.92 Å². The maximum absolute atomic E-state index is 11.1. The van der Waals surface area contributed by atoms with Crippen molar-refractivity contribution in [2.75, 3.05) is 0 Å². The van der Waals surface area contributed by atoms with Crippen molar-refractivity contribution in [3.63, 3.8) is 0 Å². The van der Waals surface area contributed by atoms with Crippen molar-refractivity contribution in [2.45, 2.75) is 45.4 Å². The Bertz CT molecular complexity index is 245. The molecule has 0 N–H and O–H groups in total. The first-order valence-electron chi connectivity index (χ1n) is 5.48. The standard InChI is InChI=1S/C11H18O4.Mg/c1-2-11(9(12)13,10(14)15)8-6-4-3-5-7-8;/h8H,2-7H2,1H3,(H,12,13)(H,14,15);/q;+2/p-2. The third-order valence-corrected chi connectivity index (χ3v) is 3.59. The van der Waals surface area contributed by atoms with Gasteiger partial charge in [0.1, 0.15) is 0 Å².